The zero-order chi connectivity index (χ0) is 18.4. The molecule has 0 aromatic heterocycles. The number of ether oxygens (including phenoxy) is 3. The van der Waals surface area contributed by atoms with Crippen molar-refractivity contribution in [3.05, 3.63) is 23.8 Å². The van der Waals surface area contributed by atoms with Gasteiger partial charge >= 0.3 is 5.97 Å². The van der Waals surface area contributed by atoms with Crippen LogP contribution >= 0.6 is 0 Å². The second kappa shape index (κ2) is 8.74. The van der Waals surface area contributed by atoms with Crippen molar-refractivity contribution in [2.75, 3.05) is 14.2 Å². The lowest BCUT2D eigenvalue weighted by Crippen LogP contribution is -2.45. The zero-order valence-corrected chi connectivity index (χ0v) is 15.3. The van der Waals surface area contributed by atoms with Crippen LogP contribution in [0.25, 0.3) is 0 Å². The van der Waals surface area contributed by atoms with Gasteiger partial charge in [-0.05, 0) is 43.9 Å². The van der Waals surface area contributed by atoms with Crippen LogP contribution in [0.15, 0.2) is 18.2 Å². The molecular formula is C19H27NO5. The second-order valence-electron chi connectivity index (χ2n) is 6.49. The minimum atomic E-state index is -0.852. The molecule has 138 valence electrons. The minimum absolute atomic E-state index is 0.156. The van der Waals surface area contributed by atoms with E-state index in [1.807, 2.05) is 0 Å². The summed E-state index contributed by atoms with van der Waals surface area (Å²) in [6.07, 6.45) is 3.57. The van der Waals surface area contributed by atoms with E-state index >= 15 is 0 Å². The van der Waals surface area contributed by atoms with Gasteiger partial charge in [0.15, 0.2) is 17.6 Å². The molecule has 0 bridgehead atoms. The average Bonchev–Trinajstić information content (AvgIpc) is 2.62. The Balaban J connectivity index is 1.96. The lowest BCUT2D eigenvalue weighted by Gasteiger charge is -2.30. The van der Waals surface area contributed by atoms with Crippen molar-refractivity contribution < 1.29 is 23.8 Å². The van der Waals surface area contributed by atoms with E-state index in [9.17, 15) is 9.59 Å². The summed E-state index contributed by atoms with van der Waals surface area (Å²) in [7, 11) is 3.02. The number of nitrogens with one attached hydrogen (secondary N) is 1. The first-order valence-electron chi connectivity index (χ1n) is 8.69. The molecule has 6 heteroatoms. The number of rotatable bonds is 6. The maximum absolute atomic E-state index is 12.3. The molecule has 1 aromatic rings. The highest BCUT2D eigenvalue weighted by Gasteiger charge is 2.26. The van der Waals surface area contributed by atoms with E-state index in [4.69, 9.17) is 14.2 Å². The second-order valence-corrected chi connectivity index (χ2v) is 6.49. The van der Waals surface area contributed by atoms with Gasteiger partial charge < -0.3 is 19.5 Å². The van der Waals surface area contributed by atoms with Gasteiger partial charge in [-0.3, -0.25) is 4.79 Å². The molecule has 1 saturated carbocycles. The van der Waals surface area contributed by atoms with E-state index in [1.54, 1.807) is 19.1 Å². The number of hydrogen-bond acceptors (Lipinski definition) is 5. The molecule has 2 rings (SSSR count). The Kier molecular flexibility index (Phi) is 6.67. The van der Waals surface area contributed by atoms with Gasteiger partial charge in [-0.1, -0.05) is 19.8 Å². The first-order valence-corrected chi connectivity index (χ1v) is 8.69. The topological polar surface area (TPSA) is 73.9 Å². The molecule has 1 fully saturated rings. The van der Waals surface area contributed by atoms with Gasteiger partial charge in [-0.15, -0.1) is 0 Å². The van der Waals surface area contributed by atoms with Crippen LogP contribution in [0.1, 0.15) is 49.9 Å². The summed E-state index contributed by atoms with van der Waals surface area (Å²) in [5.74, 6) is 0.584. The third-order valence-corrected chi connectivity index (χ3v) is 4.71. The number of carbonyl (C=O) groups excluding carboxylic acids is 2. The summed E-state index contributed by atoms with van der Waals surface area (Å²) in [6.45, 7) is 3.73. The fourth-order valence-corrected chi connectivity index (χ4v) is 3.08. The Morgan fingerprint density at radius 1 is 1.12 bits per heavy atom. The number of methoxy groups -OCH3 is 2. The Labute approximate surface area is 148 Å². The molecule has 1 amide bonds. The Morgan fingerprint density at radius 2 is 1.80 bits per heavy atom. The van der Waals surface area contributed by atoms with Gasteiger partial charge in [0.25, 0.3) is 5.91 Å². The maximum Gasteiger partial charge on any atom is 0.339 e. The summed E-state index contributed by atoms with van der Waals surface area (Å²) < 4.78 is 15.6. The maximum atomic E-state index is 12.3. The van der Waals surface area contributed by atoms with Crippen LogP contribution in [0.2, 0.25) is 0 Å². The predicted molar refractivity (Wildman–Crippen MR) is 94.0 cm³/mol. The van der Waals surface area contributed by atoms with Gasteiger partial charge in [0.2, 0.25) is 0 Å². The van der Waals surface area contributed by atoms with Crippen LogP contribution < -0.4 is 14.8 Å². The van der Waals surface area contributed by atoms with Gasteiger partial charge in [0.05, 0.1) is 19.8 Å². The van der Waals surface area contributed by atoms with Crippen molar-refractivity contribution >= 4 is 11.9 Å². The summed E-state index contributed by atoms with van der Waals surface area (Å²) in [5, 5.41) is 3.01. The molecule has 0 radical (unpaired) electrons. The molecule has 1 aliphatic rings. The first-order chi connectivity index (χ1) is 12.0. The van der Waals surface area contributed by atoms with E-state index in [2.05, 4.69) is 12.2 Å². The van der Waals surface area contributed by atoms with Crippen LogP contribution in [0.4, 0.5) is 0 Å². The molecule has 1 aliphatic carbocycles. The minimum Gasteiger partial charge on any atom is -0.493 e. The van der Waals surface area contributed by atoms with Crippen molar-refractivity contribution in [3.8, 4) is 11.5 Å². The van der Waals surface area contributed by atoms with Gasteiger partial charge in [-0.2, -0.15) is 0 Å². The van der Waals surface area contributed by atoms with Crippen molar-refractivity contribution in [2.24, 2.45) is 5.92 Å². The highest BCUT2D eigenvalue weighted by Crippen LogP contribution is 2.28. The molecule has 0 aliphatic heterocycles. The lowest BCUT2D eigenvalue weighted by molar-refractivity contribution is -0.130. The molecule has 0 unspecified atom stereocenters. The fourth-order valence-electron chi connectivity index (χ4n) is 3.08. The van der Waals surface area contributed by atoms with E-state index in [-0.39, 0.29) is 11.9 Å². The number of carbonyl (C=O) groups is 2. The molecule has 0 heterocycles. The molecule has 0 saturated heterocycles. The third kappa shape index (κ3) is 4.87. The summed E-state index contributed by atoms with van der Waals surface area (Å²) in [4.78, 5) is 24.6. The molecule has 0 spiro atoms. The molecule has 3 atom stereocenters. The van der Waals surface area contributed by atoms with Gasteiger partial charge in [-0.25, -0.2) is 4.79 Å². The van der Waals surface area contributed by atoms with Crippen molar-refractivity contribution in [1.29, 1.82) is 0 Å². The number of hydrogen-bond donors (Lipinski definition) is 1. The molecular weight excluding hydrogens is 322 g/mol. The number of esters is 1. The summed E-state index contributed by atoms with van der Waals surface area (Å²) >= 11 is 0. The fraction of sp³-hybridized carbons (Fsp3) is 0.579. The van der Waals surface area contributed by atoms with E-state index in [0.29, 0.717) is 23.0 Å². The largest absolute Gasteiger partial charge is 0.493 e. The van der Waals surface area contributed by atoms with Crippen molar-refractivity contribution in [2.45, 2.75) is 51.7 Å². The van der Waals surface area contributed by atoms with Crippen LogP contribution in [0, 0.1) is 5.92 Å². The normalized spacial score (nSPS) is 21.1. The monoisotopic (exact) mass is 349 g/mol. The first kappa shape index (κ1) is 19.1. The average molecular weight is 349 g/mol. The third-order valence-electron chi connectivity index (χ3n) is 4.71. The van der Waals surface area contributed by atoms with E-state index in [0.717, 1.165) is 19.3 Å². The quantitative estimate of drug-likeness (QED) is 0.799. The number of amides is 1. The highest BCUT2D eigenvalue weighted by atomic mass is 16.5. The Morgan fingerprint density at radius 3 is 2.44 bits per heavy atom. The van der Waals surface area contributed by atoms with Crippen LogP contribution in [0.5, 0.6) is 11.5 Å². The Hall–Kier alpha value is -2.24. The smallest absolute Gasteiger partial charge is 0.339 e. The predicted octanol–water partition coefficient (Wildman–Crippen LogP) is 2.94. The summed E-state index contributed by atoms with van der Waals surface area (Å²) in [6, 6.07) is 4.90. The molecule has 25 heavy (non-hydrogen) atoms. The van der Waals surface area contributed by atoms with Crippen molar-refractivity contribution in [1.82, 2.24) is 5.32 Å². The summed E-state index contributed by atoms with van der Waals surface area (Å²) in [5.41, 5.74) is 0.309. The molecule has 1 N–H and O–H groups in total. The van der Waals surface area contributed by atoms with E-state index in [1.165, 1.54) is 26.7 Å². The SMILES string of the molecule is COc1ccc(C(=O)O[C@H](C)C(=O)N[C@@H]2CCCC[C@@H]2C)cc1OC. The highest BCUT2D eigenvalue weighted by molar-refractivity contribution is 5.92. The van der Waals surface area contributed by atoms with Crippen LogP contribution in [-0.4, -0.2) is 38.2 Å². The van der Waals surface area contributed by atoms with E-state index < -0.39 is 12.1 Å². The standard InChI is InChI=1S/C19H27NO5/c1-12-7-5-6-8-15(12)20-18(21)13(2)25-19(22)14-9-10-16(23-3)17(11-14)24-4/h9-13,15H,5-8H2,1-4H3,(H,20,21)/t12-,13+,15+/m0/s1. The molecule has 6 nitrogen and oxygen atoms in total. The zero-order valence-electron chi connectivity index (χ0n) is 15.3. The van der Waals surface area contributed by atoms with Crippen LogP contribution in [-0.2, 0) is 9.53 Å². The molecule has 1 aromatic carbocycles. The van der Waals surface area contributed by atoms with Gasteiger partial charge in [0, 0.05) is 6.04 Å². The Bertz CT molecular complexity index is 616. The van der Waals surface area contributed by atoms with Crippen LogP contribution in [0.3, 0.4) is 0 Å². The number of benzene rings is 1. The lowest BCUT2D eigenvalue weighted by atomic mass is 9.86. The van der Waals surface area contributed by atoms with Crippen molar-refractivity contribution in [3.63, 3.8) is 0 Å². The van der Waals surface area contributed by atoms with Gasteiger partial charge in [0.1, 0.15) is 0 Å².